The molecule has 98 valence electrons. The summed E-state index contributed by atoms with van der Waals surface area (Å²) in [6, 6.07) is 0. The van der Waals surface area contributed by atoms with E-state index in [9.17, 15) is 4.79 Å². The topological polar surface area (TPSA) is 45.8 Å². The lowest BCUT2D eigenvalue weighted by Gasteiger charge is -2.18. The molecule has 0 unspecified atom stereocenters. The second kappa shape index (κ2) is 5.25. The van der Waals surface area contributed by atoms with Crippen LogP contribution in [0.15, 0.2) is 4.79 Å². The lowest BCUT2D eigenvalue weighted by atomic mass is 9.95. The Hall–Kier alpha value is -1.12. The van der Waals surface area contributed by atoms with Crippen molar-refractivity contribution in [1.29, 1.82) is 0 Å². The molecule has 1 aromatic heterocycles. The normalized spacial score (nSPS) is 21.3. The van der Waals surface area contributed by atoms with Gasteiger partial charge in [0.15, 0.2) is 0 Å². The Morgan fingerprint density at radius 3 is 2.44 bits per heavy atom. The number of H-pyrrole nitrogens is 1. The summed E-state index contributed by atoms with van der Waals surface area (Å²) in [4.78, 5) is 20.0. The number of hydrogen-bond donors (Lipinski definition) is 1. The first-order valence-corrected chi connectivity index (χ1v) is 7.46. The highest BCUT2D eigenvalue weighted by Crippen LogP contribution is 2.29. The molecule has 2 aliphatic carbocycles. The highest BCUT2D eigenvalue weighted by molar-refractivity contribution is 5.21. The van der Waals surface area contributed by atoms with Crippen LogP contribution in [-0.4, -0.2) is 9.97 Å². The average molecular weight is 246 g/mol. The Kier molecular flexibility index (Phi) is 3.48. The molecule has 1 fully saturated rings. The van der Waals surface area contributed by atoms with E-state index in [1.807, 2.05) is 0 Å². The fourth-order valence-corrected chi connectivity index (χ4v) is 3.37. The van der Waals surface area contributed by atoms with E-state index < -0.39 is 0 Å². The predicted molar refractivity (Wildman–Crippen MR) is 71.9 cm³/mol. The number of rotatable bonds is 1. The number of nitrogens with one attached hydrogen (secondary N) is 1. The first kappa shape index (κ1) is 11.9. The Morgan fingerprint density at radius 1 is 0.944 bits per heavy atom. The van der Waals surface area contributed by atoms with E-state index >= 15 is 0 Å². The quantitative estimate of drug-likeness (QED) is 0.774. The molecule has 0 amide bonds. The number of aromatic amines is 1. The summed E-state index contributed by atoms with van der Waals surface area (Å²) in [6.45, 7) is 0. The molecule has 1 heterocycles. The second-order valence-corrected chi connectivity index (χ2v) is 5.77. The maximum absolute atomic E-state index is 12.1. The number of nitrogens with zero attached hydrogens (tertiary/aromatic N) is 1. The minimum Gasteiger partial charge on any atom is -0.310 e. The molecule has 0 bridgehead atoms. The smallest absolute Gasteiger partial charge is 0.254 e. The molecule has 1 aromatic rings. The monoisotopic (exact) mass is 246 g/mol. The van der Waals surface area contributed by atoms with Crippen LogP contribution >= 0.6 is 0 Å². The maximum atomic E-state index is 12.1. The first-order valence-electron chi connectivity index (χ1n) is 7.46. The van der Waals surface area contributed by atoms with Gasteiger partial charge in [0.25, 0.3) is 5.56 Å². The minimum absolute atomic E-state index is 0.138. The Labute approximate surface area is 108 Å². The number of hydrogen-bond acceptors (Lipinski definition) is 2. The van der Waals surface area contributed by atoms with E-state index in [0.717, 1.165) is 36.3 Å². The summed E-state index contributed by atoms with van der Waals surface area (Å²) in [6.07, 6.45) is 11.9. The Balaban J connectivity index is 1.92. The Morgan fingerprint density at radius 2 is 1.67 bits per heavy atom. The molecular weight excluding hydrogens is 224 g/mol. The van der Waals surface area contributed by atoms with Crippen LogP contribution in [-0.2, 0) is 12.8 Å². The van der Waals surface area contributed by atoms with Crippen molar-refractivity contribution in [3.63, 3.8) is 0 Å². The van der Waals surface area contributed by atoms with Gasteiger partial charge in [-0.1, -0.05) is 25.7 Å². The van der Waals surface area contributed by atoms with Crippen LogP contribution in [0.5, 0.6) is 0 Å². The molecule has 3 rings (SSSR count). The summed E-state index contributed by atoms with van der Waals surface area (Å²) in [7, 11) is 0. The van der Waals surface area contributed by atoms with Crippen molar-refractivity contribution in [3.8, 4) is 0 Å². The van der Waals surface area contributed by atoms with Crippen molar-refractivity contribution >= 4 is 0 Å². The average Bonchev–Trinajstić information content (AvgIpc) is 2.67. The molecule has 0 aromatic carbocycles. The molecule has 0 atom stereocenters. The van der Waals surface area contributed by atoms with E-state index in [1.54, 1.807) is 0 Å². The third kappa shape index (κ3) is 2.36. The van der Waals surface area contributed by atoms with Crippen molar-refractivity contribution in [2.24, 2.45) is 0 Å². The van der Waals surface area contributed by atoms with E-state index in [-0.39, 0.29) is 5.56 Å². The maximum Gasteiger partial charge on any atom is 0.254 e. The Bertz CT molecular complexity index is 470. The summed E-state index contributed by atoms with van der Waals surface area (Å²) in [5.41, 5.74) is 2.18. The molecule has 18 heavy (non-hydrogen) atoms. The lowest BCUT2D eigenvalue weighted by Crippen LogP contribution is -2.24. The highest BCUT2D eigenvalue weighted by Gasteiger charge is 2.20. The molecule has 2 aliphatic rings. The van der Waals surface area contributed by atoms with E-state index in [2.05, 4.69) is 4.98 Å². The molecule has 1 N–H and O–H groups in total. The SMILES string of the molecule is O=c1[nH]c(C2CCCCCC2)nc2c1CCCC2. The van der Waals surface area contributed by atoms with Gasteiger partial charge in [0.05, 0.1) is 5.69 Å². The number of aryl methyl sites for hydroxylation is 1. The summed E-state index contributed by atoms with van der Waals surface area (Å²) < 4.78 is 0. The van der Waals surface area contributed by atoms with Crippen molar-refractivity contribution in [3.05, 3.63) is 27.4 Å². The molecule has 1 saturated carbocycles. The highest BCUT2D eigenvalue weighted by atomic mass is 16.1. The van der Waals surface area contributed by atoms with Gasteiger partial charge >= 0.3 is 0 Å². The largest absolute Gasteiger partial charge is 0.310 e. The van der Waals surface area contributed by atoms with Gasteiger partial charge in [-0.2, -0.15) is 0 Å². The zero-order valence-electron chi connectivity index (χ0n) is 11.0. The van der Waals surface area contributed by atoms with Crippen molar-refractivity contribution in [2.45, 2.75) is 70.1 Å². The van der Waals surface area contributed by atoms with Crippen LogP contribution in [0.2, 0.25) is 0 Å². The summed E-state index contributed by atoms with van der Waals surface area (Å²) in [5.74, 6) is 1.47. The van der Waals surface area contributed by atoms with Crippen LogP contribution in [0.3, 0.4) is 0 Å². The molecular formula is C15H22N2O. The first-order chi connectivity index (χ1) is 8.84. The summed E-state index contributed by atoms with van der Waals surface area (Å²) in [5, 5.41) is 0. The lowest BCUT2D eigenvalue weighted by molar-refractivity contribution is 0.545. The van der Waals surface area contributed by atoms with Crippen LogP contribution in [0.25, 0.3) is 0 Å². The van der Waals surface area contributed by atoms with Gasteiger partial charge in [0.2, 0.25) is 0 Å². The fourth-order valence-electron chi connectivity index (χ4n) is 3.37. The van der Waals surface area contributed by atoms with Crippen LogP contribution in [0, 0.1) is 0 Å². The molecule has 3 nitrogen and oxygen atoms in total. The zero-order chi connectivity index (χ0) is 12.4. The van der Waals surface area contributed by atoms with Gasteiger partial charge in [-0.05, 0) is 38.5 Å². The van der Waals surface area contributed by atoms with Gasteiger partial charge in [-0.25, -0.2) is 4.98 Å². The van der Waals surface area contributed by atoms with E-state index in [0.29, 0.717) is 5.92 Å². The predicted octanol–water partition coefficient (Wildman–Crippen LogP) is 3.09. The summed E-state index contributed by atoms with van der Waals surface area (Å²) >= 11 is 0. The molecule has 0 aliphatic heterocycles. The van der Waals surface area contributed by atoms with E-state index in [4.69, 9.17) is 4.98 Å². The molecule has 0 spiro atoms. The van der Waals surface area contributed by atoms with Crippen LogP contribution < -0.4 is 5.56 Å². The van der Waals surface area contributed by atoms with Crippen LogP contribution in [0.4, 0.5) is 0 Å². The van der Waals surface area contributed by atoms with Gasteiger partial charge in [0.1, 0.15) is 5.82 Å². The molecule has 3 heteroatoms. The second-order valence-electron chi connectivity index (χ2n) is 5.77. The number of fused-ring (bicyclic) bond motifs is 1. The third-order valence-electron chi connectivity index (χ3n) is 4.45. The minimum atomic E-state index is 0.138. The van der Waals surface area contributed by atoms with Crippen molar-refractivity contribution < 1.29 is 0 Å². The standard InChI is InChI=1S/C15H22N2O/c18-15-12-9-5-6-10-13(12)16-14(17-15)11-7-3-1-2-4-8-11/h11H,1-10H2,(H,16,17,18). The van der Waals surface area contributed by atoms with Gasteiger partial charge in [-0.15, -0.1) is 0 Å². The van der Waals surface area contributed by atoms with Gasteiger partial charge in [-0.3, -0.25) is 4.79 Å². The zero-order valence-corrected chi connectivity index (χ0v) is 11.0. The van der Waals surface area contributed by atoms with Gasteiger partial charge in [0, 0.05) is 11.5 Å². The fraction of sp³-hybridized carbons (Fsp3) is 0.733. The molecule has 0 radical (unpaired) electrons. The van der Waals surface area contributed by atoms with Gasteiger partial charge < -0.3 is 4.98 Å². The van der Waals surface area contributed by atoms with Crippen molar-refractivity contribution in [1.82, 2.24) is 9.97 Å². The van der Waals surface area contributed by atoms with Crippen LogP contribution in [0.1, 0.15) is 74.4 Å². The van der Waals surface area contributed by atoms with E-state index in [1.165, 1.54) is 44.9 Å². The number of aromatic nitrogens is 2. The molecule has 0 saturated heterocycles. The van der Waals surface area contributed by atoms with Crippen molar-refractivity contribution in [2.75, 3.05) is 0 Å². The third-order valence-corrected chi connectivity index (χ3v) is 4.45.